The van der Waals surface area contributed by atoms with Crippen LogP contribution in [-0.2, 0) is 4.79 Å². The summed E-state index contributed by atoms with van der Waals surface area (Å²) in [5.41, 5.74) is 0. The van der Waals surface area contributed by atoms with Crippen molar-refractivity contribution in [3.63, 3.8) is 0 Å². The Kier molecular flexibility index (Phi) is 6.76. The monoisotopic (exact) mass is 172 g/mol. The first kappa shape index (κ1) is 11.4. The van der Waals surface area contributed by atoms with Crippen LogP contribution in [0.2, 0.25) is 0 Å². The van der Waals surface area contributed by atoms with E-state index in [2.05, 4.69) is 17.6 Å². The van der Waals surface area contributed by atoms with Crippen molar-refractivity contribution in [1.82, 2.24) is 10.6 Å². The lowest BCUT2D eigenvalue weighted by Crippen LogP contribution is -2.39. The zero-order chi connectivity index (χ0) is 9.40. The molecule has 12 heavy (non-hydrogen) atoms. The van der Waals surface area contributed by atoms with Crippen molar-refractivity contribution in [3.8, 4) is 0 Å². The van der Waals surface area contributed by atoms with E-state index in [0.29, 0.717) is 6.04 Å². The molecule has 72 valence electrons. The number of unbranched alkanes of at least 4 members (excludes halogenated alkanes) is 1. The lowest BCUT2D eigenvalue weighted by Gasteiger charge is -2.16. The second-order valence-electron chi connectivity index (χ2n) is 3.10. The van der Waals surface area contributed by atoms with Gasteiger partial charge < -0.3 is 10.6 Å². The van der Waals surface area contributed by atoms with Crippen LogP contribution < -0.4 is 10.6 Å². The van der Waals surface area contributed by atoms with E-state index in [-0.39, 0.29) is 5.91 Å². The lowest BCUT2D eigenvalue weighted by atomic mass is 10.1. The van der Waals surface area contributed by atoms with Gasteiger partial charge in [0.15, 0.2) is 0 Å². The van der Waals surface area contributed by atoms with Crippen molar-refractivity contribution in [2.45, 2.75) is 39.2 Å². The highest BCUT2D eigenvalue weighted by Gasteiger charge is 2.06. The zero-order valence-electron chi connectivity index (χ0n) is 8.31. The molecule has 0 fully saturated rings. The van der Waals surface area contributed by atoms with Crippen molar-refractivity contribution in [3.05, 3.63) is 0 Å². The zero-order valence-corrected chi connectivity index (χ0v) is 8.31. The van der Waals surface area contributed by atoms with E-state index in [0.717, 1.165) is 13.0 Å². The summed E-state index contributed by atoms with van der Waals surface area (Å²) in [7, 11) is 1.90. The fourth-order valence-electron chi connectivity index (χ4n) is 1.21. The molecule has 0 rings (SSSR count). The molecule has 0 saturated carbocycles. The first-order valence-electron chi connectivity index (χ1n) is 4.62. The molecule has 0 spiro atoms. The average Bonchev–Trinajstić information content (AvgIpc) is 2.00. The average molecular weight is 172 g/mol. The Balaban J connectivity index is 3.61. The Bertz CT molecular complexity index is 126. The van der Waals surface area contributed by atoms with Crippen LogP contribution in [-0.4, -0.2) is 25.5 Å². The number of rotatable bonds is 6. The number of hydrogen-bond acceptors (Lipinski definition) is 2. The Morgan fingerprint density at radius 2 is 2.17 bits per heavy atom. The van der Waals surface area contributed by atoms with E-state index in [1.54, 1.807) is 6.92 Å². The molecular formula is C9H20N2O. The fraction of sp³-hybridized carbons (Fsp3) is 0.889. The van der Waals surface area contributed by atoms with Gasteiger partial charge in [-0.1, -0.05) is 19.8 Å². The van der Waals surface area contributed by atoms with Crippen molar-refractivity contribution in [1.29, 1.82) is 0 Å². The molecule has 0 aliphatic carbocycles. The molecule has 0 radical (unpaired) electrons. The minimum Gasteiger partial charge on any atom is -0.352 e. The molecule has 0 bridgehead atoms. The summed E-state index contributed by atoms with van der Waals surface area (Å²) in [5, 5.41) is 5.98. The molecule has 0 aliphatic heterocycles. The van der Waals surface area contributed by atoms with Gasteiger partial charge in [-0.2, -0.15) is 0 Å². The van der Waals surface area contributed by atoms with Crippen LogP contribution in [0.15, 0.2) is 0 Å². The Morgan fingerprint density at radius 3 is 2.58 bits per heavy atom. The van der Waals surface area contributed by atoms with Gasteiger partial charge in [0.2, 0.25) is 5.91 Å². The minimum atomic E-state index is 0.0614. The first-order valence-corrected chi connectivity index (χ1v) is 4.62. The molecule has 1 unspecified atom stereocenters. The third kappa shape index (κ3) is 6.16. The molecule has 0 aromatic rings. The molecule has 1 amide bonds. The summed E-state index contributed by atoms with van der Waals surface area (Å²) in [5.74, 6) is 0.0614. The summed E-state index contributed by atoms with van der Waals surface area (Å²) < 4.78 is 0. The number of carbonyl (C=O) groups is 1. The van der Waals surface area contributed by atoms with E-state index < -0.39 is 0 Å². The number of nitrogens with one attached hydrogen (secondary N) is 2. The number of amides is 1. The highest BCUT2D eigenvalue weighted by Crippen LogP contribution is 1.99. The maximum absolute atomic E-state index is 10.8. The van der Waals surface area contributed by atoms with E-state index >= 15 is 0 Å². The largest absolute Gasteiger partial charge is 0.352 e. The Hall–Kier alpha value is -0.570. The Labute approximate surface area is 74.9 Å². The molecule has 1 atom stereocenters. The quantitative estimate of drug-likeness (QED) is 0.625. The molecule has 3 nitrogen and oxygen atoms in total. The molecule has 0 heterocycles. The van der Waals surface area contributed by atoms with Gasteiger partial charge in [0.1, 0.15) is 0 Å². The molecule has 0 saturated heterocycles. The van der Waals surface area contributed by atoms with E-state index in [1.807, 2.05) is 7.05 Å². The first-order chi connectivity index (χ1) is 5.70. The predicted octanol–water partition coefficient (Wildman–Crippen LogP) is 0.901. The second kappa shape index (κ2) is 7.10. The maximum atomic E-state index is 10.8. The predicted molar refractivity (Wildman–Crippen MR) is 51.1 cm³/mol. The molecular weight excluding hydrogens is 152 g/mol. The van der Waals surface area contributed by atoms with Gasteiger partial charge in [-0.25, -0.2) is 0 Å². The van der Waals surface area contributed by atoms with Gasteiger partial charge in [-0.3, -0.25) is 4.79 Å². The van der Waals surface area contributed by atoms with Crippen LogP contribution in [0.4, 0.5) is 0 Å². The molecule has 2 N–H and O–H groups in total. The maximum Gasteiger partial charge on any atom is 0.217 e. The summed E-state index contributed by atoms with van der Waals surface area (Å²) in [6.45, 7) is 4.58. The highest BCUT2D eigenvalue weighted by atomic mass is 16.1. The van der Waals surface area contributed by atoms with Crippen LogP contribution in [0.5, 0.6) is 0 Å². The van der Waals surface area contributed by atoms with E-state index in [1.165, 1.54) is 12.8 Å². The standard InChI is InChI=1S/C9H20N2O/c1-4-5-6-9(7-10-3)11-8(2)12/h9-10H,4-7H2,1-3H3,(H,11,12). The van der Waals surface area contributed by atoms with Crippen LogP contribution >= 0.6 is 0 Å². The summed E-state index contributed by atoms with van der Waals surface area (Å²) in [4.78, 5) is 10.8. The van der Waals surface area contributed by atoms with Gasteiger partial charge in [0.05, 0.1) is 0 Å². The summed E-state index contributed by atoms with van der Waals surface area (Å²) in [6, 6.07) is 0.299. The molecule has 3 heteroatoms. The van der Waals surface area contributed by atoms with Gasteiger partial charge in [0, 0.05) is 19.5 Å². The third-order valence-electron chi connectivity index (χ3n) is 1.76. The second-order valence-corrected chi connectivity index (χ2v) is 3.10. The Morgan fingerprint density at radius 1 is 1.50 bits per heavy atom. The van der Waals surface area contributed by atoms with Crippen LogP contribution in [0.3, 0.4) is 0 Å². The van der Waals surface area contributed by atoms with E-state index in [9.17, 15) is 4.79 Å². The van der Waals surface area contributed by atoms with Crippen molar-refractivity contribution < 1.29 is 4.79 Å². The number of carbonyl (C=O) groups excluding carboxylic acids is 1. The van der Waals surface area contributed by atoms with Gasteiger partial charge >= 0.3 is 0 Å². The number of likely N-dealkylation sites (N-methyl/N-ethyl adjacent to an activating group) is 1. The van der Waals surface area contributed by atoms with E-state index in [4.69, 9.17) is 0 Å². The van der Waals surface area contributed by atoms with Gasteiger partial charge in [-0.05, 0) is 13.5 Å². The number of hydrogen-bond donors (Lipinski definition) is 2. The lowest BCUT2D eigenvalue weighted by molar-refractivity contribution is -0.119. The smallest absolute Gasteiger partial charge is 0.217 e. The van der Waals surface area contributed by atoms with Crippen molar-refractivity contribution >= 4 is 5.91 Å². The normalized spacial score (nSPS) is 12.6. The van der Waals surface area contributed by atoms with Gasteiger partial charge in [-0.15, -0.1) is 0 Å². The third-order valence-corrected chi connectivity index (χ3v) is 1.76. The van der Waals surface area contributed by atoms with Crippen molar-refractivity contribution in [2.24, 2.45) is 0 Å². The SMILES string of the molecule is CCCCC(CNC)NC(C)=O. The summed E-state index contributed by atoms with van der Waals surface area (Å²) >= 11 is 0. The molecule has 0 aromatic carbocycles. The van der Waals surface area contributed by atoms with Crippen molar-refractivity contribution in [2.75, 3.05) is 13.6 Å². The van der Waals surface area contributed by atoms with Crippen LogP contribution in [0, 0.1) is 0 Å². The van der Waals surface area contributed by atoms with Gasteiger partial charge in [0.25, 0.3) is 0 Å². The highest BCUT2D eigenvalue weighted by molar-refractivity contribution is 5.73. The minimum absolute atomic E-state index is 0.0614. The topological polar surface area (TPSA) is 41.1 Å². The van der Waals surface area contributed by atoms with Crippen LogP contribution in [0.1, 0.15) is 33.1 Å². The fourth-order valence-corrected chi connectivity index (χ4v) is 1.21. The summed E-state index contributed by atoms with van der Waals surface area (Å²) in [6.07, 6.45) is 3.42. The van der Waals surface area contributed by atoms with Crippen LogP contribution in [0.25, 0.3) is 0 Å². The molecule has 0 aromatic heterocycles. The molecule has 0 aliphatic rings.